The fraction of sp³-hybridized carbons (Fsp3) is 0.211. The van der Waals surface area contributed by atoms with Crippen LogP contribution in [0.1, 0.15) is 5.56 Å². The molecule has 0 unspecified atom stereocenters. The van der Waals surface area contributed by atoms with E-state index in [4.69, 9.17) is 13.9 Å². The molecule has 1 amide bonds. The first kappa shape index (κ1) is 21.5. The molecule has 3 aromatic rings. The lowest BCUT2D eigenvalue weighted by Crippen LogP contribution is -2.23. The van der Waals surface area contributed by atoms with Crippen LogP contribution in [0.25, 0.3) is 11.0 Å². The lowest BCUT2D eigenvalue weighted by molar-refractivity contribution is -0.115. The second-order valence-electron chi connectivity index (χ2n) is 6.16. The van der Waals surface area contributed by atoms with Gasteiger partial charge in [0.15, 0.2) is 0 Å². The van der Waals surface area contributed by atoms with Crippen LogP contribution in [-0.2, 0) is 21.1 Å². The van der Waals surface area contributed by atoms with Crippen molar-refractivity contribution >= 4 is 32.4 Å². The molecule has 0 bridgehead atoms. The van der Waals surface area contributed by atoms with Gasteiger partial charge in [-0.25, -0.2) is 8.42 Å². The molecular weight excluding hydrogens is 427 g/mol. The van der Waals surface area contributed by atoms with Crippen molar-refractivity contribution in [2.75, 3.05) is 19.5 Å². The van der Waals surface area contributed by atoms with Crippen molar-refractivity contribution in [1.29, 1.82) is 0 Å². The number of alkyl halides is 3. The summed E-state index contributed by atoms with van der Waals surface area (Å²) in [5, 5.41) is 3.05. The second kappa shape index (κ2) is 7.90. The zero-order chi connectivity index (χ0) is 22.1. The Balaban J connectivity index is 1.87. The van der Waals surface area contributed by atoms with Gasteiger partial charge in [0.05, 0.1) is 37.5 Å². The van der Waals surface area contributed by atoms with Gasteiger partial charge in [-0.2, -0.15) is 13.2 Å². The molecule has 2 aromatic carbocycles. The normalized spacial score (nSPS) is 12.0. The molecule has 0 saturated carbocycles. The van der Waals surface area contributed by atoms with Gasteiger partial charge in [0.2, 0.25) is 5.91 Å². The Morgan fingerprint density at radius 1 is 1.10 bits per heavy atom. The summed E-state index contributed by atoms with van der Waals surface area (Å²) in [5.74, 6) is -0.0279. The fourth-order valence-electron chi connectivity index (χ4n) is 2.78. The summed E-state index contributed by atoms with van der Waals surface area (Å²) >= 11 is 0. The van der Waals surface area contributed by atoms with E-state index < -0.39 is 26.1 Å². The first-order valence-electron chi connectivity index (χ1n) is 8.40. The Morgan fingerprint density at radius 2 is 1.83 bits per heavy atom. The van der Waals surface area contributed by atoms with E-state index >= 15 is 0 Å². The van der Waals surface area contributed by atoms with Gasteiger partial charge in [-0.1, -0.05) is 0 Å². The molecule has 0 fully saturated rings. The number of nitrogens with one attached hydrogen (secondary N) is 1. The van der Waals surface area contributed by atoms with E-state index in [1.165, 1.54) is 20.5 Å². The van der Waals surface area contributed by atoms with Crippen molar-refractivity contribution in [3.8, 4) is 11.5 Å². The highest BCUT2D eigenvalue weighted by Gasteiger charge is 2.47. The smallest absolute Gasteiger partial charge is 0.497 e. The van der Waals surface area contributed by atoms with Crippen LogP contribution in [0.5, 0.6) is 11.5 Å². The molecule has 1 aromatic heterocycles. The van der Waals surface area contributed by atoms with Gasteiger partial charge < -0.3 is 19.2 Å². The number of ether oxygens (including phenoxy) is 2. The van der Waals surface area contributed by atoms with Gasteiger partial charge in [-0.15, -0.1) is 0 Å². The fourth-order valence-corrected chi connectivity index (χ4v) is 3.57. The number of halogens is 3. The third kappa shape index (κ3) is 4.06. The summed E-state index contributed by atoms with van der Waals surface area (Å²) in [6.45, 7) is 0. The maximum atomic E-state index is 12.8. The average molecular weight is 443 g/mol. The minimum Gasteiger partial charge on any atom is -0.497 e. The highest BCUT2D eigenvalue weighted by Crippen LogP contribution is 2.35. The average Bonchev–Trinajstić information content (AvgIpc) is 3.08. The monoisotopic (exact) mass is 443 g/mol. The molecule has 0 aliphatic carbocycles. The maximum absolute atomic E-state index is 12.8. The largest absolute Gasteiger partial charge is 0.501 e. The number of hydrogen-bond acceptors (Lipinski definition) is 6. The number of methoxy groups -OCH3 is 2. The van der Waals surface area contributed by atoms with Gasteiger partial charge in [-0.3, -0.25) is 4.79 Å². The molecular formula is C19H16F3NO6S. The quantitative estimate of drug-likeness (QED) is 0.621. The number of furan rings is 1. The first-order valence-corrected chi connectivity index (χ1v) is 9.88. The Morgan fingerprint density at radius 3 is 2.47 bits per heavy atom. The number of amides is 1. The Labute approximate surface area is 169 Å². The van der Waals surface area contributed by atoms with Crippen molar-refractivity contribution < 1.29 is 40.3 Å². The standard InChI is InChI=1S/C19H16F3NO6S/c1-27-12-3-5-14-11(10-29-17(14)8-12)7-18(24)23-15-9-13(4-6-16(15)28-2)30(25,26)19(20,21)22/h3-6,8-10H,7H2,1-2H3,(H,23,24). The molecule has 0 atom stereocenters. The molecule has 11 heteroatoms. The number of carbonyl (C=O) groups excluding carboxylic acids is 1. The summed E-state index contributed by atoms with van der Waals surface area (Å²) in [7, 11) is -2.84. The highest BCUT2D eigenvalue weighted by molar-refractivity contribution is 7.92. The topological polar surface area (TPSA) is 94.8 Å². The minimum atomic E-state index is -5.58. The molecule has 0 aliphatic heterocycles. The second-order valence-corrected chi connectivity index (χ2v) is 8.10. The number of hydrogen-bond donors (Lipinski definition) is 1. The van der Waals surface area contributed by atoms with Crippen LogP contribution in [0.2, 0.25) is 0 Å². The van der Waals surface area contributed by atoms with E-state index in [2.05, 4.69) is 5.32 Å². The number of carbonyl (C=O) groups is 1. The Kier molecular flexibility index (Phi) is 5.66. The molecule has 0 radical (unpaired) electrons. The SMILES string of the molecule is COc1ccc2c(CC(=O)Nc3cc(S(=O)(=O)C(F)(F)F)ccc3OC)coc2c1. The number of benzene rings is 2. The summed E-state index contributed by atoms with van der Waals surface area (Å²) in [6.07, 6.45) is 1.21. The van der Waals surface area contributed by atoms with Gasteiger partial charge in [0, 0.05) is 17.0 Å². The number of rotatable bonds is 6. The van der Waals surface area contributed by atoms with Crippen LogP contribution in [0.4, 0.5) is 18.9 Å². The lowest BCUT2D eigenvalue weighted by Gasteiger charge is -2.13. The molecule has 0 aliphatic rings. The molecule has 1 heterocycles. The molecule has 30 heavy (non-hydrogen) atoms. The zero-order valence-electron chi connectivity index (χ0n) is 15.7. The van der Waals surface area contributed by atoms with Gasteiger partial charge in [-0.05, 0) is 30.3 Å². The summed E-state index contributed by atoms with van der Waals surface area (Å²) in [5.41, 5.74) is -4.65. The minimum absolute atomic E-state index is 0.00580. The number of sulfone groups is 1. The van der Waals surface area contributed by atoms with Crippen molar-refractivity contribution in [3.63, 3.8) is 0 Å². The number of anilines is 1. The van der Waals surface area contributed by atoms with E-state index in [9.17, 15) is 26.4 Å². The predicted octanol–water partition coefficient (Wildman–Crippen LogP) is 3.92. The van der Waals surface area contributed by atoms with Crippen LogP contribution in [-0.4, -0.2) is 34.1 Å². The Hall–Kier alpha value is -3.21. The van der Waals surface area contributed by atoms with Gasteiger partial charge >= 0.3 is 5.51 Å². The van der Waals surface area contributed by atoms with Gasteiger partial charge in [0.1, 0.15) is 17.1 Å². The van der Waals surface area contributed by atoms with Crippen LogP contribution in [0.15, 0.2) is 52.0 Å². The molecule has 3 rings (SSSR count). The Bertz CT molecular complexity index is 1200. The van der Waals surface area contributed by atoms with E-state index in [0.29, 0.717) is 28.3 Å². The van der Waals surface area contributed by atoms with E-state index in [0.717, 1.165) is 12.1 Å². The molecule has 0 spiro atoms. The van der Waals surface area contributed by atoms with Crippen LogP contribution < -0.4 is 14.8 Å². The van der Waals surface area contributed by atoms with Crippen molar-refractivity contribution in [2.45, 2.75) is 16.8 Å². The first-order chi connectivity index (χ1) is 14.1. The summed E-state index contributed by atoms with van der Waals surface area (Å²) in [4.78, 5) is 11.5. The van der Waals surface area contributed by atoms with Gasteiger partial charge in [0.25, 0.3) is 9.84 Å². The van der Waals surface area contributed by atoms with Crippen molar-refractivity contribution in [3.05, 3.63) is 48.2 Å². The van der Waals surface area contributed by atoms with Crippen molar-refractivity contribution in [1.82, 2.24) is 0 Å². The van der Waals surface area contributed by atoms with Crippen molar-refractivity contribution in [2.24, 2.45) is 0 Å². The number of fused-ring (bicyclic) bond motifs is 1. The van der Waals surface area contributed by atoms with Crippen LogP contribution >= 0.6 is 0 Å². The predicted molar refractivity (Wildman–Crippen MR) is 101 cm³/mol. The zero-order valence-corrected chi connectivity index (χ0v) is 16.6. The molecule has 0 saturated heterocycles. The third-order valence-electron chi connectivity index (χ3n) is 4.27. The highest BCUT2D eigenvalue weighted by atomic mass is 32.2. The maximum Gasteiger partial charge on any atom is 0.501 e. The van der Waals surface area contributed by atoms with Crippen LogP contribution in [0.3, 0.4) is 0 Å². The van der Waals surface area contributed by atoms with Crippen LogP contribution in [0, 0.1) is 0 Å². The van der Waals surface area contributed by atoms with E-state index in [-0.39, 0.29) is 17.9 Å². The van der Waals surface area contributed by atoms with E-state index in [1.807, 2.05) is 0 Å². The summed E-state index contributed by atoms with van der Waals surface area (Å²) < 4.78 is 77.3. The lowest BCUT2D eigenvalue weighted by atomic mass is 10.1. The molecule has 160 valence electrons. The third-order valence-corrected chi connectivity index (χ3v) is 5.76. The molecule has 1 N–H and O–H groups in total. The summed E-state index contributed by atoms with van der Waals surface area (Å²) in [6, 6.07) is 7.54. The van der Waals surface area contributed by atoms with E-state index in [1.54, 1.807) is 18.2 Å². The molecule has 7 nitrogen and oxygen atoms in total.